The average molecular weight is 328 g/mol. The maximum Gasteiger partial charge on any atom is 0.144 e. The molecule has 0 amide bonds. The van der Waals surface area contributed by atoms with Crippen molar-refractivity contribution in [2.24, 2.45) is 0 Å². The van der Waals surface area contributed by atoms with Crippen LogP contribution in [-0.4, -0.2) is 30.2 Å². The Morgan fingerprint density at radius 1 is 1.21 bits per heavy atom. The first-order chi connectivity index (χ1) is 8.93. The second-order valence-corrected chi connectivity index (χ2v) is 6.77. The van der Waals surface area contributed by atoms with E-state index in [1.54, 1.807) is 0 Å². The largest absolute Gasteiger partial charge is 0.381 e. The number of halogens is 1. The van der Waals surface area contributed by atoms with Gasteiger partial charge < -0.3 is 10.1 Å². The summed E-state index contributed by atoms with van der Waals surface area (Å²) in [4.78, 5) is 9.49. The second kappa shape index (κ2) is 5.75. The van der Waals surface area contributed by atoms with Crippen molar-refractivity contribution in [1.82, 2.24) is 9.97 Å². The quantitative estimate of drug-likeness (QED) is 0.903. The number of rotatable bonds is 2. The lowest BCUT2D eigenvalue weighted by molar-refractivity contribution is 0.0835. The highest BCUT2D eigenvalue weighted by Crippen LogP contribution is 2.35. The van der Waals surface area contributed by atoms with E-state index in [-0.39, 0.29) is 5.41 Å². The predicted molar refractivity (Wildman–Crippen MR) is 80.8 cm³/mol. The zero-order valence-electron chi connectivity index (χ0n) is 12.1. The Morgan fingerprint density at radius 3 is 2.37 bits per heavy atom. The molecule has 0 radical (unpaired) electrons. The van der Waals surface area contributed by atoms with E-state index in [1.165, 1.54) is 0 Å². The molecule has 2 heterocycles. The van der Waals surface area contributed by atoms with Gasteiger partial charge in [-0.1, -0.05) is 20.8 Å². The number of anilines is 1. The van der Waals surface area contributed by atoms with Gasteiger partial charge in [-0.15, -0.1) is 0 Å². The summed E-state index contributed by atoms with van der Waals surface area (Å²) in [6, 6.07) is 0. The lowest BCUT2D eigenvalue weighted by atomic mass is 9.91. The third-order valence-corrected chi connectivity index (χ3v) is 4.15. The summed E-state index contributed by atoms with van der Waals surface area (Å²) >= 11 is 3.62. The van der Waals surface area contributed by atoms with E-state index in [1.807, 2.05) is 7.05 Å². The molecule has 19 heavy (non-hydrogen) atoms. The van der Waals surface area contributed by atoms with E-state index in [4.69, 9.17) is 9.72 Å². The predicted octanol–water partition coefficient (Wildman–Crippen LogP) is 3.47. The molecule has 1 aromatic heterocycles. The van der Waals surface area contributed by atoms with Crippen molar-refractivity contribution in [2.45, 2.75) is 44.9 Å². The molecule has 1 saturated heterocycles. The maximum absolute atomic E-state index is 5.42. The molecule has 1 fully saturated rings. The van der Waals surface area contributed by atoms with Gasteiger partial charge in [-0.25, -0.2) is 9.97 Å². The molecule has 1 aliphatic heterocycles. The van der Waals surface area contributed by atoms with Crippen LogP contribution in [0.25, 0.3) is 0 Å². The minimum atomic E-state index is -0.00666. The molecule has 0 unspecified atom stereocenters. The van der Waals surface area contributed by atoms with Crippen LogP contribution in [0.5, 0.6) is 0 Å². The van der Waals surface area contributed by atoms with Gasteiger partial charge in [0.2, 0.25) is 0 Å². The molecule has 1 aliphatic rings. The topological polar surface area (TPSA) is 47.0 Å². The average Bonchev–Trinajstić information content (AvgIpc) is 2.38. The van der Waals surface area contributed by atoms with Crippen LogP contribution in [0.1, 0.15) is 51.0 Å². The molecule has 0 aliphatic carbocycles. The Hall–Kier alpha value is -0.680. The molecule has 2 rings (SSSR count). The number of hydrogen-bond donors (Lipinski definition) is 1. The van der Waals surface area contributed by atoms with Crippen molar-refractivity contribution >= 4 is 21.7 Å². The van der Waals surface area contributed by atoms with E-state index < -0.39 is 0 Å². The summed E-state index contributed by atoms with van der Waals surface area (Å²) < 4.78 is 6.39. The molecule has 0 atom stereocenters. The summed E-state index contributed by atoms with van der Waals surface area (Å²) in [7, 11) is 1.90. The molecule has 1 aromatic rings. The van der Waals surface area contributed by atoms with E-state index in [0.29, 0.717) is 5.92 Å². The van der Waals surface area contributed by atoms with Crippen LogP contribution in [-0.2, 0) is 10.2 Å². The Kier molecular flexibility index (Phi) is 4.46. The molecule has 106 valence electrons. The lowest BCUT2D eigenvalue weighted by Crippen LogP contribution is -2.22. The standard InChI is InChI=1S/C14H22BrN3O/c1-14(2,3)11-10(15)13(16-4)18-12(17-11)9-5-7-19-8-6-9/h9H,5-8H2,1-4H3,(H,16,17,18). The molecule has 0 spiro atoms. The summed E-state index contributed by atoms with van der Waals surface area (Å²) in [5.74, 6) is 2.23. The number of ether oxygens (including phenoxy) is 1. The SMILES string of the molecule is CNc1nc(C2CCOCC2)nc(C(C)(C)C)c1Br. The third kappa shape index (κ3) is 3.26. The Balaban J connectivity index is 2.44. The van der Waals surface area contributed by atoms with Crippen LogP contribution in [0.2, 0.25) is 0 Å². The van der Waals surface area contributed by atoms with Gasteiger partial charge in [-0.2, -0.15) is 0 Å². The van der Waals surface area contributed by atoms with Gasteiger partial charge in [0, 0.05) is 31.6 Å². The van der Waals surface area contributed by atoms with Crippen LogP contribution in [0.15, 0.2) is 4.47 Å². The van der Waals surface area contributed by atoms with Gasteiger partial charge in [0.1, 0.15) is 11.6 Å². The monoisotopic (exact) mass is 327 g/mol. The number of nitrogens with one attached hydrogen (secondary N) is 1. The number of hydrogen-bond acceptors (Lipinski definition) is 4. The Morgan fingerprint density at radius 2 is 1.84 bits per heavy atom. The molecular weight excluding hydrogens is 306 g/mol. The van der Waals surface area contributed by atoms with Crippen molar-refractivity contribution in [2.75, 3.05) is 25.6 Å². The van der Waals surface area contributed by atoms with E-state index in [9.17, 15) is 0 Å². The fourth-order valence-electron chi connectivity index (χ4n) is 2.27. The zero-order valence-corrected chi connectivity index (χ0v) is 13.7. The summed E-state index contributed by atoms with van der Waals surface area (Å²) in [6.07, 6.45) is 2.02. The maximum atomic E-state index is 5.42. The molecule has 0 saturated carbocycles. The number of aromatic nitrogens is 2. The van der Waals surface area contributed by atoms with Crippen molar-refractivity contribution in [3.05, 3.63) is 16.0 Å². The Bertz CT molecular complexity index is 451. The van der Waals surface area contributed by atoms with E-state index in [2.05, 4.69) is 47.0 Å². The highest BCUT2D eigenvalue weighted by molar-refractivity contribution is 9.10. The first-order valence-electron chi connectivity index (χ1n) is 6.77. The van der Waals surface area contributed by atoms with Crippen molar-refractivity contribution in [1.29, 1.82) is 0 Å². The van der Waals surface area contributed by atoms with Gasteiger partial charge in [0.25, 0.3) is 0 Å². The Labute approximate surface area is 123 Å². The van der Waals surface area contributed by atoms with Gasteiger partial charge in [0.15, 0.2) is 0 Å². The highest BCUT2D eigenvalue weighted by Gasteiger charge is 2.26. The minimum Gasteiger partial charge on any atom is -0.381 e. The van der Waals surface area contributed by atoms with Gasteiger partial charge >= 0.3 is 0 Å². The first-order valence-corrected chi connectivity index (χ1v) is 7.56. The highest BCUT2D eigenvalue weighted by atomic mass is 79.9. The van der Waals surface area contributed by atoms with Crippen LogP contribution in [0.3, 0.4) is 0 Å². The van der Waals surface area contributed by atoms with Crippen LogP contribution >= 0.6 is 15.9 Å². The molecule has 1 N–H and O–H groups in total. The summed E-state index contributed by atoms with van der Waals surface area (Å²) in [6.45, 7) is 8.14. The van der Waals surface area contributed by atoms with Gasteiger partial charge in [0.05, 0.1) is 10.2 Å². The lowest BCUT2D eigenvalue weighted by Gasteiger charge is -2.25. The van der Waals surface area contributed by atoms with Crippen LogP contribution in [0.4, 0.5) is 5.82 Å². The summed E-state index contributed by atoms with van der Waals surface area (Å²) in [5, 5.41) is 3.16. The summed E-state index contributed by atoms with van der Waals surface area (Å²) in [5.41, 5.74) is 1.06. The first kappa shape index (κ1) is 14.7. The van der Waals surface area contributed by atoms with E-state index in [0.717, 1.165) is 47.9 Å². The molecule has 5 heteroatoms. The van der Waals surface area contributed by atoms with Crippen molar-refractivity contribution < 1.29 is 4.74 Å². The van der Waals surface area contributed by atoms with Crippen LogP contribution in [0, 0.1) is 0 Å². The van der Waals surface area contributed by atoms with Gasteiger partial charge in [-0.05, 0) is 28.8 Å². The van der Waals surface area contributed by atoms with Crippen molar-refractivity contribution in [3.8, 4) is 0 Å². The normalized spacial score (nSPS) is 17.5. The van der Waals surface area contributed by atoms with Gasteiger partial charge in [-0.3, -0.25) is 0 Å². The fourth-order valence-corrected chi connectivity index (χ4v) is 3.24. The number of nitrogens with zero attached hydrogens (tertiary/aromatic N) is 2. The second-order valence-electron chi connectivity index (χ2n) is 5.98. The van der Waals surface area contributed by atoms with E-state index >= 15 is 0 Å². The zero-order chi connectivity index (χ0) is 14.0. The molecule has 0 bridgehead atoms. The molecular formula is C14H22BrN3O. The third-order valence-electron chi connectivity index (χ3n) is 3.40. The molecule has 4 nitrogen and oxygen atoms in total. The molecule has 0 aromatic carbocycles. The van der Waals surface area contributed by atoms with Crippen molar-refractivity contribution in [3.63, 3.8) is 0 Å². The minimum absolute atomic E-state index is 0.00666. The smallest absolute Gasteiger partial charge is 0.144 e. The fraction of sp³-hybridized carbons (Fsp3) is 0.714. The van der Waals surface area contributed by atoms with Crippen LogP contribution < -0.4 is 5.32 Å².